The van der Waals surface area contributed by atoms with Gasteiger partial charge in [0, 0.05) is 36.6 Å². The second-order valence-electron chi connectivity index (χ2n) is 7.57. The molecule has 3 rings (SSSR count). The van der Waals surface area contributed by atoms with Crippen molar-refractivity contribution in [3.63, 3.8) is 0 Å². The highest BCUT2D eigenvalue weighted by Crippen LogP contribution is 2.28. The van der Waals surface area contributed by atoms with Crippen LogP contribution in [0.4, 0.5) is 0 Å². The van der Waals surface area contributed by atoms with E-state index in [1.165, 1.54) is 0 Å². The highest BCUT2D eigenvalue weighted by molar-refractivity contribution is 5.94. The molecule has 2 unspecified atom stereocenters. The number of amides is 1. The predicted octanol–water partition coefficient (Wildman–Crippen LogP) is 4.51. The van der Waals surface area contributed by atoms with Gasteiger partial charge in [0.15, 0.2) is 0 Å². The molecule has 6 nitrogen and oxygen atoms in total. The summed E-state index contributed by atoms with van der Waals surface area (Å²) >= 11 is 0. The van der Waals surface area contributed by atoms with Gasteiger partial charge in [-0.15, -0.1) is 0 Å². The van der Waals surface area contributed by atoms with E-state index in [9.17, 15) is 9.59 Å². The lowest BCUT2D eigenvalue weighted by Gasteiger charge is -2.20. The van der Waals surface area contributed by atoms with Gasteiger partial charge in [0.25, 0.3) is 5.91 Å². The van der Waals surface area contributed by atoms with Crippen LogP contribution in [0, 0.1) is 5.92 Å². The van der Waals surface area contributed by atoms with Crippen molar-refractivity contribution < 1.29 is 23.8 Å². The Hall–Kier alpha value is -2.60. The van der Waals surface area contributed by atoms with E-state index in [0.717, 1.165) is 43.4 Å². The zero-order valence-electron chi connectivity index (χ0n) is 16.6. The number of furan rings is 1. The minimum atomic E-state index is -0.742. The third-order valence-electron chi connectivity index (χ3n) is 5.43. The summed E-state index contributed by atoms with van der Waals surface area (Å²) in [6.07, 6.45) is 7.67. The first-order chi connectivity index (χ1) is 14.1. The second-order valence-corrected chi connectivity index (χ2v) is 7.57. The first-order valence-electron chi connectivity index (χ1n) is 10.4. The molecule has 2 aromatic rings. The Labute approximate surface area is 171 Å². The van der Waals surface area contributed by atoms with Gasteiger partial charge in [-0.1, -0.05) is 25.0 Å². The quantitative estimate of drug-likeness (QED) is 0.543. The number of carboxylic acids is 1. The third kappa shape index (κ3) is 6.46. The summed E-state index contributed by atoms with van der Waals surface area (Å²) in [5, 5.41) is 11.7. The fourth-order valence-electron chi connectivity index (χ4n) is 3.80. The Morgan fingerprint density at radius 3 is 2.66 bits per heavy atom. The molecule has 2 atom stereocenters. The SMILES string of the molecule is O=C(O)CCCCCOC1CCCC1CNC(=O)c1ccc(-c2ccco2)cc1. The van der Waals surface area contributed by atoms with Crippen molar-refractivity contribution in [2.24, 2.45) is 5.92 Å². The lowest BCUT2D eigenvalue weighted by atomic mass is 10.1. The lowest BCUT2D eigenvalue weighted by molar-refractivity contribution is -0.137. The van der Waals surface area contributed by atoms with Crippen LogP contribution in [0.2, 0.25) is 0 Å². The van der Waals surface area contributed by atoms with E-state index in [4.69, 9.17) is 14.3 Å². The van der Waals surface area contributed by atoms with Gasteiger partial charge in [-0.2, -0.15) is 0 Å². The van der Waals surface area contributed by atoms with Gasteiger partial charge >= 0.3 is 5.97 Å². The summed E-state index contributed by atoms with van der Waals surface area (Å²) in [6, 6.07) is 11.1. The van der Waals surface area contributed by atoms with Crippen molar-refractivity contribution in [1.29, 1.82) is 0 Å². The summed E-state index contributed by atoms with van der Waals surface area (Å²) in [5.41, 5.74) is 1.58. The zero-order chi connectivity index (χ0) is 20.5. The van der Waals surface area contributed by atoms with Gasteiger partial charge in [0.05, 0.1) is 12.4 Å². The maximum Gasteiger partial charge on any atom is 0.303 e. The van der Waals surface area contributed by atoms with Gasteiger partial charge in [-0.05, 0) is 49.9 Å². The molecule has 1 aromatic carbocycles. The summed E-state index contributed by atoms with van der Waals surface area (Å²) in [5.74, 6) is 0.301. The van der Waals surface area contributed by atoms with E-state index in [1.807, 2.05) is 36.4 Å². The molecular weight excluding hydrogens is 370 g/mol. The average molecular weight is 399 g/mol. The smallest absolute Gasteiger partial charge is 0.303 e. The molecule has 6 heteroatoms. The monoisotopic (exact) mass is 399 g/mol. The number of rotatable bonds is 11. The first-order valence-corrected chi connectivity index (χ1v) is 10.4. The number of hydrogen-bond donors (Lipinski definition) is 2. The van der Waals surface area contributed by atoms with Crippen LogP contribution in [-0.4, -0.2) is 36.2 Å². The number of hydrogen-bond acceptors (Lipinski definition) is 4. The molecule has 0 spiro atoms. The average Bonchev–Trinajstić information content (AvgIpc) is 3.41. The minimum absolute atomic E-state index is 0.0738. The fourth-order valence-corrected chi connectivity index (χ4v) is 3.80. The standard InChI is InChI=1S/C23H29NO5/c25-22(26)9-2-1-3-14-28-21-7-4-6-19(21)16-24-23(27)18-12-10-17(11-13-18)20-8-5-15-29-20/h5,8,10-13,15,19,21H,1-4,6-7,9,14,16H2,(H,24,27)(H,25,26). The normalized spacial score (nSPS) is 18.6. The summed E-state index contributed by atoms with van der Waals surface area (Å²) in [6.45, 7) is 1.27. The molecule has 1 fully saturated rings. The zero-order valence-corrected chi connectivity index (χ0v) is 16.6. The van der Waals surface area contributed by atoms with E-state index in [2.05, 4.69) is 5.32 Å². The molecule has 0 radical (unpaired) electrons. The van der Waals surface area contributed by atoms with Gasteiger partial charge in [-0.25, -0.2) is 0 Å². The molecule has 29 heavy (non-hydrogen) atoms. The van der Waals surface area contributed by atoms with Crippen molar-refractivity contribution in [3.8, 4) is 11.3 Å². The number of benzene rings is 1. The molecule has 1 aromatic heterocycles. The fraction of sp³-hybridized carbons (Fsp3) is 0.478. The number of unbranched alkanes of at least 4 members (excludes halogenated alkanes) is 2. The Morgan fingerprint density at radius 1 is 1.10 bits per heavy atom. The van der Waals surface area contributed by atoms with Gasteiger partial charge in [-0.3, -0.25) is 9.59 Å². The van der Waals surface area contributed by atoms with Crippen LogP contribution in [0.5, 0.6) is 0 Å². The van der Waals surface area contributed by atoms with Gasteiger partial charge in [0.1, 0.15) is 5.76 Å². The number of aliphatic carboxylic acids is 1. The number of carboxylic acid groups (broad SMARTS) is 1. The van der Waals surface area contributed by atoms with Crippen LogP contribution in [-0.2, 0) is 9.53 Å². The first kappa shape index (κ1) is 21.1. The van der Waals surface area contributed by atoms with E-state index in [0.29, 0.717) is 31.1 Å². The molecule has 0 bridgehead atoms. The second kappa shape index (κ2) is 10.8. The van der Waals surface area contributed by atoms with E-state index < -0.39 is 5.97 Å². The molecule has 1 aliphatic carbocycles. The molecule has 1 aliphatic rings. The van der Waals surface area contributed by atoms with Crippen molar-refractivity contribution in [3.05, 3.63) is 48.2 Å². The van der Waals surface area contributed by atoms with Crippen molar-refractivity contribution in [2.75, 3.05) is 13.2 Å². The molecule has 1 saturated carbocycles. The van der Waals surface area contributed by atoms with Crippen LogP contribution in [0.1, 0.15) is 55.3 Å². The van der Waals surface area contributed by atoms with Crippen molar-refractivity contribution >= 4 is 11.9 Å². The van der Waals surface area contributed by atoms with Crippen molar-refractivity contribution in [2.45, 2.75) is 51.0 Å². The Morgan fingerprint density at radius 2 is 1.93 bits per heavy atom. The van der Waals surface area contributed by atoms with E-state index >= 15 is 0 Å². The van der Waals surface area contributed by atoms with Crippen LogP contribution in [0.25, 0.3) is 11.3 Å². The minimum Gasteiger partial charge on any atom is -0.481 e. The highest BCUT2D eigenvalue weighted by atomic mass is 16.5. The van der Waals surface area contributed by atoms with Gasteiger partial charge < -0.3 is 19.6 Å². The number of nitrogens with one attached hydrogen (secondary N) is 1. The molecule has 2 N–H and O–H groups in total. The molecule has 1 amide bonds. The lowest BCUT2D eigenvalue weighted by Crippen LogP contribution is -2.33. The molecule has 1 heterocycles. The number of carbonyl (C=O) groups is 2. The van der Waals surface area contributed by atoms with Crippen LogP contribution in [0.3, 0.4) is 0 Å². The van der Waals surface area contributed by atoms with Crippen LogP contribution >= 0.6 is 0 Å². The Balaban J connectivity index is 1.39. The molecule has 0 saturated heterocycles. The summed E-state index contributed by atoms with van der Waals surface area (Å²) in [4.78, 5) is 23.0. The van der Waals surface area contributed by atoms with Crippen LogP contribution < -0.4 is 5.32 Å². The Bertz CT molecular complexity index is 769. The van der Waals surface area contributed by atoms with Gasteiger partial charge in [0.2, 0.25) is 0 Å². The summed E-state index contributed by atoms with van der Waals surface area (Å²) < 4.78 is 11.4. The van der Waals surface area contributed by atoms with Crippen molar-refractivity contribution in [1.82, 2.24) is 5.32 Å². The third-order valence-corrected chi connectivity index (χ3v) is 5.43. The highest BCUT2D eigenvalue weighted by Gasteiger charge is 2.28. The van der Waals surface area contributed by atoms with E-state index in [1.54, 1.807) is 6.26 Å². The van der Waals surface area contributed by atoms with E-state index in [-0.39, 0.29) is 18.4 Å². The molecular formula is C23H29NO5. The Kier molecular flexibility index (Phi) is 7.87. The number of carbonyl (C=O) groups excluding carboxylic acids is 1. The number of ether oxygens (including phenoxy) is 1. The topological polar surface area (TPSA) is 88.8 Å². The largest absolute Gasteiger partial charge is 0.481 e. The summed E-state index contributed by atoms with van der Waals surface area (Å²) in [7, 11) is 0. The molecule has 156 valence electrons. The maximum atomic E-state index is 12.5. The molecule has 0 aliphatic heterocycles. The van der Waals surface area contributed by atoms with Crippen LogP contribution in [0.15, 0.2) is 47.1 Å². The predicted molar refractivity (Wildman–Crippen MR) is 110 cm³/mol. The maximum absolute atomic E-state index is 12.5.